The average Bonchev–Trinajstić information content (AvgIpc) is 2.78. The summed E-state index contributed by atoms with van der Waals surface area (Å²) >= 11 is 8.36. The topological polar surface area (TPSA) is 106 Å². The molecule has 0 saturated heterocycles. The van der Waals surface area contributed by atoms with E-state index in [-0.39, 0.29) is 13.0 Å². The molecule has 2 aromatic rings. The molecule has 0 radical (unpaired) electrons. The van der Waals surface area contributed by atoms with E-state index in [4.69, 9.17) is 21.8 Å². The van der Waals surface area contributed by atoms with Gasteiger partial charge < -0.3 is 19.7 Å². The summed E-state index contributed by atoms with van der Waals surface area (Å²) in [6.07, 6.45) is -3.20. The highest BCUT2D eigenvalue weighted by molar-refractivity contribution is 8.03. The summed E-state index contributed by atoms with van der Waals surface area (Å²) in [7, 11) is 0. The number of thioether (sulfide) groups is 1. The summed E-state index contributed by atoms with van der Waals surface area (Å²) in [6.45, 7) is -0.302. The fourth-order valence-corrected chi connectivity index (χ4v) is 4.28. The highest BCUT2D eigenvalue weighted by Gasteiger charge is 2.35. The number of alkyl halides is 1. The lowest BCUT2D eigenvalue weighted by atomic mass is 10.3. The lowest BCUT2D eigenvalue weighted by Crippen LogP contribution is -2.26. The third kappa shape index (κ3) is 4.65. The number of ether oxygens (including phenoxy) is 2. The molecule has 0 aliphatic rings. The van der Waals surface area contributed by atoms with Gasteiger partial charge >= 0.3 is 12.3 Å². The molecule has 0 spiro atoms. The molecule has 1 unspecified atom stereocenters. The van der Waals surface area contributed by atoms with E-state index in [1.807, 2.05) is 24.3 Å². The largest absolute Gasteiger partial charge is 0.508 e. The van der Waals surface area contributed by atoms with Crippen LogP contribution in [0.4, 0.5) is 9.59 Å². The summed E-state index contributed by atoms with van der Waals surface area (Å²) in [5.74, 6) is 0. The molecule has 0 aliphatic heterocycles. The van der Waals surface area contributed by atoms with Crippen LogP contribution in [0.25, 0.3) is 10.2 Å². The Labute approximate surface area is 137 Å². The average molecular weight is 364 g/mol. The van der Waals surface area contributed by atoms with Crippen molar-refractivity contribution in [1.29, 1.82) is 0 Å². The first-order valence-corrected chi connectivity index (χ1v) is 7.90. The summed E-state index contributed by atoms with van der Waals surface area (Å²) in [5.41, 5.74) is 0.756. The number of halogens is 1. The molecule has 10 heteroatoms. The number of aromatic nitrogens is 1. The van der Waals surface area contributed by atoms with Gasteiger partial charge in [-0.1, -0.05) is 23.7 Å². The first-order valence-electron chi connectivity index (χ1n) is 5.89. The number of carboxylic acid groups (broad SMARTS) is 2. The molecule has 1 aromatic carbocycles. The van der Waals surface area contributed by atoms with Gasteiger partial charge in [0.2, 0.25) is 4.39 Å². The molecule has 0 bridgehead atoms. The van der Waals surface area contributed by atoms with Gasteiger partial charge in [-0.3, -0.25) is 0 Å². The molecule has 1 atom stereocenters. The Morgan fingerprint density at radius 2 is 2.05 bits per heavy atom. The zero-order chi connectivity index (χ0) is 16.2. The Morgan fingerprint density at radius 1 is 1.32 bits per heavy atom. The zero-order valence-corrected chi connectivity index (χ0v) is 13.3. The van der Waals surface area contributed by atoms with Crippen molar-refractivity contribution in [2.75, 3.05) is 6.61 Å². The smallest absolute Gasteiger partial charge is 0.450 e. The monoisotopic (exact) mass is 363 g/mol. The quantitative estimate of drug-likeness (QED) is 0.342. The van der Waals surface area contributed by atoms with Crippen LogP contribution in [-0.2, 0) is 9.47 Å². The molecule has 2 rings (SSSR count). The Morgan fingerprint density at radius 3 is 2.68 bits per heavy atom. The van der Waals surface area contributed by atoms with Crippen LogP contribution >= 0.6 is 34.7 Å². The number of nitrogens with zero attached hydrogens (tertiary/aromatic N) is 1. The van der Waals surface area contributed by atoms with Crippen molar-refractivity contribution in [2.45, 2.75) is 15.2 Å². The second kappa shape index (κ2) is 7.03. The number of thiazole rings is 1. The Kier molecular flexibility index (Phi) is 5.33. The van der Waals surface area contributed by atoms with Gasteiger partial charge in [-0.25, -0.2) is 14.6 Å². The zero-order valence-electron chi connectivity index (χ0n) is 10.9. The highest BCUT2D eigenvalue weighted by atomic mass is 35.5. The molecule has 0 amide bonds. The number of hydrogen-bond donors (Lipinski definition) is 2. The molecule has 1 heterocycles. The molecule has 22 heavy (non-hydrogen) atoms. The van der Waals surface area contributed by atoms with Crippen molar-refractivity contribution < 1.29 is 29.3 Å². The van der Waals surface area contributed by atoms with Gasteiger partial charge in [0, 0.05) is 6.42 Å². The molecular formula is C12H10ClNO6S2. The van der Waals surface area contributed by atoms with Gasteiger partial charge in [-0.15, -0.1) is 11.3 Å². The van der Waals surface area contributed by atoms with Crippen molar-refractivity contribution in [1.82, 2.24) is 4.98 Å². The third-order valence-corrected chi connectivity index (χ3v) is 5.07. The summed E-state index contributed by atoms with van der Waals surface area (Å²) < 4.78 is 8.71. The van der Waals surface area contributed by atoms with Crippen LogP contribution in [0.15, 0.2) is 28.6 Å². The first-order chi connectivity index (χ1) is 10.4. The molecule has 2 N–H and O–H groups in total. The van der Waals surface area contributed by atoms with Crippen LogP contribution in [0.2, 0.25) is 0 Å². The van der Waals surface area contributed by atoms with Crippen LogP contribution in [0.3, 0.4) is 0 Å². The minimum absolute atomic E-state index is 0.159. The van der Waals surface area contributed by atoms with Crippen molar-refractivity contribution in [3.63, 3.8) is 0 Å². The minimum Gasteiger partial charge on any atom is -0.450 e. The van der Waals surface area contributed by atoms with E-state index in [1.54, 1.807) is 0 Å². The first kappa shape index (κ1) is 16.7. The van der Waals surface area contributed by atoms with Gasteiger partial charge in [0.15, 0.2) is 4.34 Å². The molecular weight excluding hydrogens is 354 g/mol. The maximum Gasteiger partial charge on any atom is 0.508 e. The van der Waals surface area contributed by atoms with E-state index in [0.717, 1.165) is 22.0 Å². The standard InChI is InChI=1S/C12H10ClNO6S2/c13-12(20-11(17)18,5-6-19-10(15)16)22-9-14-7-3-1-2-4-8(7)21-9/h1-4H,5-6H2,(H,15,16)(H,17,18). The van der Waals surface area contributed by atoms with E-state index >= 15 is 0 Å². The Hall–Kier alpha value is -1.71. The van der Waals surface area contributed by atoms with E-state index < -0.39 is 16.7 Å². The Balaban J connectivity index is 2.13. The van der Waals surface area contributed by atoms with E-state index in [2.05, 4.69) is 14.5 Å². The number of benzene rings is 1. The van der Waals surface area contributed by atoms with Gasteiger partial charge in [0.25, 0.3) is 0 Å². The van der Waals surface area contributed by atoms with Gasteiger partial charge in [-0.05, 0) is 23.9 Å². The summed E-state index contributed by atoms with van der Waals surface area (Å²) in [4.78, 5) is 25.4. The van der Waals surface area contributed by atoms with Crippen LogP contribution < -0.4 is 0 Å². The SMILES string of the molecule is O=C(O)OCCC(Cl)(OC(=O)O)Sc1nc2ccccc2s1. The molecule has 1 aromatic heterocycles. The van der Waals surface area contributed by atoms with Crippen LogP contribution in [0.1, 0.15) is 6.42 Å². The second-order valence-corrected chi connectivity index (χ2v) is 7.32. The summed E-state index contributed by atoms with van der Waals surface area (Å²) in [6, 6.07) is 7.38. The van der Waals surface area contributed by atoms with Crippen molar-refractivity contribution in [3.05, 3.63) is 24.3 Å². The number of rotatable bonds is 6. The normalized spacial score (nSPS) is 13.5. The number of para-hydroxylation sites is 1. The van der Waals surface area contributed by atoms with Crippen LogP contribution in [-0.4, -0.2) is 38.5 Å². The van der Waals surface area contributed by atoms with Gasteiger partial charge in [-0.2, -0.15) is 0 Å². The molecule has 7 nitrogen and oxygen atoms in total. The molecule has 0 aliphatic carbocycles. The van der Waals surface area contributed by atoms with Crippen LogP contribution in [0.5, 0.6) is 0 Å². The lowest BCUT2D eigenvalue weighted by Gasteiger charge is -2.22. The van der Waals surface area contributed by atoms with Gasteiger partial charge in [0.1, 0.15) is 6.61 Å². The predicted octanol–water partition coefficient (Wildman–Crippen LogP) is 4.06. The van der Waals surface area contributed by atoms with E-state index in [1.165, 1.54) is 11.3 Å². The highest BCUT2D eigenvalue weighted by Crippen LogP contribution is 2.43. The summed E-state index contributed by atoms with van der Waals surface area (Å²) in [5, 5.41) is 17.2. The second-order valence-electron chi connectivity index (χ2n) is 3.94. The predicted molar refractivity (Wildman–Crippen MR) is 81.8 cm³/mol. The Bertz CT molecular complexity index is 660. The molecule has 118 valence electrons. The van der Waals surface area contributed by atoms with E-state index in [9.17, 15) is 9.59 Å². The number of carbonyl (C=O) groups is 2. The van der Waals surface area contributed by atoms with Crippen molar-refractivity contribution >= 4 is 57.2 Å². The maximum atomic E-state index is 10.8. The molecule has 0 saturated carbocycles. The number of hydrogen-bond acceptors (Lipinski definition) is 7. The van der Waals surface area contributed by atoms with Gasteiger partial charge in [0.05, 0.1) is 10.2 Å². The fourth-order valence-electron chi connectivity index (χ4n) is 1.54. The van der Waals surface area contributed by atoms with Crippen molar-refractivity contribution in [2.24, 2.45) is 0 Å². The van der Waals surface area contributed by atoms with Crippen molar-refractivity contribution in [3.8, 4) is 0 Å². The maximum absolute atomic E-state index is 10.8. The van der Waals surface area contributed by atoms with Crippen LogP contribution in [0, 0.1) is 0 Å². The number of fused-ring (bicyclic) bond motifs is 1. The minimum atomic E-state index is -1.71. The fraction of sp³-hybridized carbons (Fsp3) is 0.250. The lowest BCUT2D eigenvalue weighted by molar-refractivity contribution is 0.0476. The molecule has 0 fully saturated rings. The van der Waals surface area contributed by atoms with E-state index in [0.29, 0.717) is 4.34 Å². The third-order valence-electron chi connectivity index (χ3n) is 2.38.